The Labute approximate surface area is 147 Å². The van der Waals surface area contributed by atoms with Gasteiger partial charge in [0.2, 0.25) is 5.91 Å². The summed E-state index contributed by atoms with van der Waals surface area (Å²) in [6.07, 6.45) is 4.02. The smallest absolute Gasteiger partial charge is 0.251 e. The number of hydrogen-bond acceptors (Lipinski definition) is 2. The van der Waals surface area contributed by atoms with Crippen molar-refractivity contribution in [2.24, 2.45) is 0 Å². The molecule has 2 aliphatic rings. The van der Waals surface area contributed by atoms with E-state index in [2.05, 4.69) is 22.8 Å². The maximum atomic E-state index is 12.5. The van der Waals surface area contributed by atoms with Crippen molar-refractivity contribution in [3.05, 3.63) is 70.8 Å². The van der Waals surface area contributed by atoms with Gasteiger partial charge in [0.15, 0.2) is 0 Å². The van der Waals surface area contributed by atoms with Crippen LogP contribution < -0.4 is 10.6 Å². The lowest BCUT2D eigenvalue weighted by Gasteiger charge is -2.12. The van der Waals surface area contributed by atoms with Gasteiger partial charge < -0.3 is 10.6 Å². The number of hydrogen-bond donors (Lipinski definition) is 2. The molecule has 0 bridgehead atoms. The number of rotatable bonds is 5. The molecule has 1 atom stereocenters. The fraction of sp³-hybridized carbons (Fsp3) is 0.333. The molecule has 2 aliphatic carbocycles. The van der Waals surface area contributed by atoms with Gasteiger partial charge in [-0.1, -0.05) is 36.4 Å². The van der Waals surface area contributed by atoms with Gasteiger partial charge >= 0.3 is 0 Å². The molecule has 0 spiro atoms. The van der Waals surface area contributed by atoms with Crippen molar-refractivity contribution in [2.75, 3.05) is 0 Å². The highest BCUT2D eigenvalue weighted by Crippen LogP contribution is 2.32. The van der Waals surface area contributed by atoms with E-state index in [1.165, 1.54) is 5.56 Å². The van der Waals surface area contributed by atoms with Crippen molar-refractivity contribution in [3.63, 3.8) is 0 Å². The molecular formula is C21H22N2O2. The Kier molecular flexibility index (Phi) is 4.26. The lowest BCUT2D eigenvalue weighted by Crippen LogP contribution is -2.28. The first-order valence-electron chi connectivity index (χ1n) is 8.96. The predicted octanol–water partition coefficient (Wildman–Crippen LogP) is 2.93. The third-order valence-electron chi connectivity index (χ3n) is 5.04. The number of carbonyl (C=O) groups is 2. The van der Waals surface area contributed by atoms with Gasteiger partial charge in [-0.3, -0.25) is 9.59 Å². The highest BCUT2D eigenvalue weighted by molar-refractivity contribution is 5.94. The Morgan fingerprint density at radius 3 is 2.48 bits per heavy atom. The second kappa shape index (κ2) is 6.71. The lowest BCUT2D eigenvalue weighted by atomic mass is 10.0. The molecule has 2 amide bonds. The standard InChI is InChI=1S/C21H22N2O2/c24-20(23-17-10-11-17)16-7-5-14(6-8-16)13-22-21(25)19-12-9-15-3-1-2-4-18(15)19/h1-8,17,19H,9-13H2,(H,22,25)(H,23,24). The summed E-state index contributed by atoms with van der Waals surface area (Å²) in [5.74, 6) is 0.0287. The first-order valence-corrected chi connectivity index (χ1v) is 8.96. The molecule has 4 nitrogen and oxygen atoms in total. The minimum atomic E-state index is -0.0419. The van der Waals surface area contributed by atoms with Crippen LogP contribution in [0.3, 0.4) is 0 Å². The van der Waals surface area contributed by atoms with E-state index in [0.29, 0.717) is 18.2 Å². The molecule has 1 fully saturated rings. The van der Waals surface area contributed by atoms with Crippen LogP contribution in [0.2, 0.25) is 0 Å². The summed E-state index contributed by atoms with van der Waals surface area (Å²) in [5, 5.41) is 6.01. The molecule has 4 heteroatoms. The third kappa shape index (κ3) is 3.58. The van der Waals surface area contributed by atoms with Gasteiger partial charge in [0, 0.05) is 18.2 Å². The van der Waals surface area contributed by atoms with Crippen molar-refractivity contribution in [2.45, 2.75) is 44.2 Å². The lowest BCUT2D eigenvalue weighted by molar-refractivity contribution is -0.122. The molecule has 2 aromatic rings. The summed E-state index contributed by atoms with van der Waals surface area (Å²) < 4.78 is 0. The number of aryl methyl sites for hydroxylation is 1. The molecule has 25 heavy (non-hydrogen) atoms. The van der Waals surface area contributed by atoms with E-state index in [-0.39, 0.29) is 17.7 Å². The van der Waals surface area contributed by atoms with Gasteiger partial charge in [-0.25, -0.2) is 0 Å². The van der Waals surface area contributed by atoms with Crippen LogP contribution in [0.4, 0.5) is 0 Å². The van der Waals surface area contributed by atoms with Crippen LogP contribution in [0.1, 0.15) is 52.2 Å². The Bertz CT molecular complexity index is 794. The quantitative estimate of drug-likeness (QED) is 0.883. The van der Waals surface area contributed by atoms with E-state index in [0.717, 1.165) is 36.8 Å². The van der Waals surface area contributed by atoms with Crippen LogP contribution in [0.15, 0.2) is 48.5 Å². The summed E-state index contributed by atoms with van der Waals surface area (Å²) in [5.41, 5.74) is 4.12. The summed E-state index contributed by atoms with van der Waals surface area (Å²) in [7, 11) is 0. The van der Waals surface area contributed by atoms with Gasteiger partial charge in [-0.15, -0.1) is 0 Å². The minimum Gasteiger partial charge on any atom is -0.351 e. The van der Waals surface area contributed by atoms with Gasteiger partial charge in [0.05, 0.1) is 5.92 Å². The zero-order chi connectivity index (χ0) is 17.2. The Morgan fingerprint density at radius 2 is 1.72 bits per heavy atom. The van der Waals surface area contributed by atoms with Gasteiger partial charge in [-0.2, -0.15) is 0 Å². The Morgan fingerprint density at radius 1 is 0.960 bits per heavy atom. The molecule has 1 unspecified atom stereocenters. The summed E-state index contributed by atoms with van der Waals surface area (Å²) >= 11 is 0. The molecule has 0 heterocycles. The van der Waals surface area contributed by atoms with Gasteiger partial charge in [0.1, 0.15) is 0 Å². The van der Waals surface area contributed by atoms with E-state index in [1.807, 2.05) is 36.4 Å². The van der Waals surface area contributed by atoms with Crippen molar-refractivity contribution in [1.82, 2.24) is 10.6 Å². The number of carbonyl (C=O) groups excluding carboxylic acids is 2. The normalized spacial score (nSPS) is 18.5. The van der Waals surface area contributed by atoms with E-state index in [1.54, 1.807) is 0 Å². The fourth-order valence-electron chi connectivity index (χ4n) is 3.41. The minimum absolute atomic E-state index is 0.0133. The van der Waals surface area contributed by atoms with E-state index in [9.17, 15) is 9.59 Å². The molecule has 0 aromatic heterocycles. The van der Waals surface area contributed by atoms with Crippen LogP contribution >= 0.6 is 0 Å². The number of nitrogens with one attached hydrogen (secondary N) is 2. The van der Waals surface area contributed by atoms with Crippen LogP contribution in [0.5, 0.6) is 0 Å². The average Bonchev–Trinajstić information content (AvgIpc) is 3.35. The van der Waals surface area contributed by atoms with Crippen LogP contribution in [-0.4, -0.2) is 17.9 Å². The zero-order valence-electron chi connectivity index (χ0n) is 14.1. The van der Waals surface area contributed by atoms with Gasteiger partial charge in [-0.05, 0) is 54.5 Å². The summed E-state index contributed by atoms with van der Waals surface area (Å²) in [6.45, 7) is 0.488. The van der Waals surface area contributed by atoms with Crippen molar-refractivity contribution in [3.8, 4) is 0 Å². The van der Waals surface area contributed by atoms with E-state index < -0.39 is 0 Å². The van der Waals surface area contributed by atoms with Crippen molar-refractivity contribution in [1.29, 1.82) is 0 Å². The topological polar surface area (TPSA) is 58.2 Å². The Hall–Kier alpha value is -2.62. The molecule has 0 radical (unpaired) electrons. The second-order valence-electron chi connectivity index (χ2n) is 6.95. The number of amides is 2. The largest absolute Gasteiger partial charge is 0.351 e. The first-order chi connectivity index (χ1) is 12.2. The van der Waals surface area contributed by atoms with Gasteiger partial charge in [0.25, 0.3) is 5.91 Å². The summed E-state index contributed by atoms with van der Waals surface area (Å²) in [6, 6.07) is 16.0. The molecule has 0 saturated heterocycles. The molecule has 2 aromatic carbocycles. The number of fused-ring (bicyclic) bond motifs is 1. The van der Waals surface area contributed by atoms with Crippen molar-refractivity contribution >= 4 is 11.8 Å². The molecule has 4 rings (SSSR count). The molecule has 128 valence electrons. The molecule has 2 N–H and O–H groups in total. The SMILES string of the molecule is O=C(NC1CC1)c1ccc(CNC(=O)C2CCc3ccccc32)cc1. The number of benzene rings is 2. The zero-order valence-corrected chi connectivity index (χ0v) is 14.1. The molecule has 0 aliphatic heterocycles. The highest BCUT2D eigenvalue weighted by atomic mass is 16.2. The molecule has 1 saturated carbocycles. The summed E-state index contributed by atoms with van der Waals surface area (Å²) in [4.78, 5) is 24.5. The monoisotopic (exact) mass is 334 g/mol. The van der Waals surface area contributed by atoms with Crippen LogP contribution in [0.25, 0.3) is 0 Å². The average molecular weight is 334 g/mol. The fourth-order valence-corrected chi connectivity index (χ4v) is 3.41. The van der Waals surface area contributed by atoms with Crippen molar-refractivity contribution < 1.29 is 9.59 Å². The third-order valence-corrected chi connectivity index (χ3v) is 5.04. The molecular weight excluding hydrogens is 312 g/mol. The predicted molar refractivity (Wildman–Crippen MR) is 96.3 cm³/mol. The Balaban J connectivity index is 1.33. The van der Waals surface area contributed by atoms with Crippen LogP contribution in [-0.2, 0) is 17.8 Å². The van der Waals surface area contributed by atoms with E-state index >= 15 is 0 Å². The van der Waals surface area contributed by atoms with E-state index in [4.69, 9.17) is 0 Å². The first kappa shape index (κ1) is 15.9. The van der Waals surface area contributed by atoms with Crippen LogP contribution in [0, 0.1) is 0 Å². The maximum Gasteiger partial charge on any atom is 0.251 e. The maximum absolute atomic E-state index is 12.5. The second-order valence-corrected chi connectivity index (χ2v) is 6.95. The highest BCUT2D eigenvalue weighted by Gasteiger charge is 2.28.